The minimum absolute atomic E-state index is 0.0629. The number of benzene rings is 1. The normalized spacial score (nSPS) is 16.9. The highest BCUT2D eigenvalue weighted by atomic mass is 19.4. The number of allylic oxidation sites excluding steroid dienone is 5. The van der Waals surface area contributed by atoms with E-state index in [0.717, 1.165) is 67.9 Å². The number of hydrogen-bond donors (Lipinski definition) is 0. The van der Waals surface area contributed by atoms with E-state index in [1.807, 2.05) is 25.1 Å². The summed E-state index contributed by atoms with van der Waals surface area (Å²) in [6.45, 7) is 7.69. The molecular weight excluding hydrogens is 487 g/mol. The first-order valence-electron chi connectivity index (χ1n) is 13.0. The fourth-order valence-corrected chi connectivity index (χ4v) is 4.73. The number of likely N-dealkylation sites (tertiary alicyclic amines) is 1. The first-order chi connectivity index (χ1) is 18.2. The topological polar surface area (TPSA) is 28.6 Å². The lowest BCUT2D eigenvalue weighted by molar-refractivity contribution is -0.137. The number of terminal acetylenes is 1. The van der Waals surface area contributed by atoms with Gasteiger partial charge in [0, 0.05) is 48.4 Å². The van der Waals surface area contributed by atoms with Crippen LogP contribution >= 0.6 is 0 Å². The summed E-state index contributed by atoms with van der Waals surface area (Å²) in [6, 6.07) is 7.29. The molecule has 38 heavy (non-hydrogen) atoms. The van der Waals surface area contributed by atoms with Gasteiger partial charge in [0.2, 0.25) is 0 Å². The van der Waals surface area contributed by atoms with E-state index >= 15 is 0 Å². The van der Waals surface area contributed by atoms with Crippen LogP contribution in [0.5, 0.6) is 5.75 Å². The van der Waals surface area contributed by atoms with Gasteiger partial charge in [0.1, 0.15) is 11.4 Å². The monoisotopic (exact) mass is 521 g/mol. The Kier molecular flexibility index (Phi) is 8.51. The molecule has 7 heteroatoms. The summed E-state index contributed by atoms with van der Waals surface area (Å²) in [5.74, 6) is 3.40. The van der Waals surface area contributed by atoms with Crippen molar-refractivity contribution < 1.29 is 17.9 Å². The Bertz CT molecular complexity index is 1240. The first kappa shape index (κ1) is 27.4. The maximum atomic E-state index is 13.3. The van der Waals surface area contributed by atoms with Crippen molar-refractivity contribution in [3.8, 4) is 18.1 Å². The van der Waals surface area contributed by atoms with Crippen LogP contribution in [0, 0.1) is 12.3 Å². The third kappa shape index (κ3) is 6.61. The Morgan fingerprint density at radius 1 is 1.08 bits per heavy atom. The summed E-state index contributed by atoms with van der Waals surface area (Å²) < 4.78 is 46.0. The minimum atomic E-state index is -4.39. The van der Waals surface area contributed by atoms with Crippen LogP contribution in [0.1, 0.15) is 52.0 Å². The zero-order valence-corrected chi connectivity index (χ0v) is 22.1. The van der Waals surface area contributed by atoms with Gasteiger partial charge in [0.05, 0.1) is 17.9 Å². The van der Waals surface area contributed by atoms with Crippen LogP contribution in [0.15, 0.2) is 77.8 Å². The molecule has 2 aliphatic rings. The molecule has 0 bridgehead atoms. The summed E-state index contributed by atoms with van der Waals surface area (Å²) in [6.07, 6.45) is 14.4. The lowest BCUT2D eigenvalue weighted by Gasteiger charge is -2.41. The highest BCUT2D eigenvalue weighted by Crippen LogP contribution is 2.41. The molecule has 2 heterocycles. The van der Waals surface area contributed by atoms with Crippen molar-refractivity contribution in [1.29, 1.82) is 0 Å². The molecule has 0 spiro atoms. The number of hydrogen-bond acceptors (Lipinski definition) is 4. The van der Waals surface area contributed by atoms with Crippen molar-refractivity contribution in [2.45, 2.75) is 64.8 Å². The molecule has 1 aromatic carbocycles. The molecule has 2 aromatic rings. The summed E-state index contributed by atoms with van der Waals surface area (Å²) in [7, 11) is 0. The average molecular weight is 522 g/mol. The molecule has 4 rings (SSSR count). The molecule has 1 saturated heterocycles. The van der Waals surface area contributed by atoms with Gasteiger partial charge in [-0.15, -0.1) is 6.42 Å². The fourth-order valence-electron chi connectivity index (χ4n) is 4.73. The highest BCUT2D eigenvalue weighted by Gasteiger charge is 2.33. The van der Waals surface area contributed by atoms with Gasteiger partial charge in [-0.05, 0) is 82.9 Å². The van der Waals surface area contributed by atoms with Crippen LogP contribution in [0.4, 0.5) is 24.5 Å². The zero-order valence-electron chi connectivity index (χ0n) is 22.1. The van der Waals surface area contributed by atoms with Crippen molar-refractivity contribution in [2.24, 2.45) is 0 Å². The summed E-state index contributed by atoms with van der Waals surface area (Å²) in [5, 5.41) is 0. The number of ether oxygens (including phenoxy) is 1. The second-order valence-corrected chi connectivity index (χ2v) is 9.90. The number of anilines is 2. The summed E-state index contributed by atoms with van der Waals surface area (Å²) in [4.78, 5) is 8.80. The third-order valence-electron chi connectivity index (χ3n) is 6.89. The Hall–Kier alpha value is -3.66. The van der Waals surface area contributed by atoms with Crippen molar-refractivity contribution in [3.63, 3.8) is 0 Å². The smallest absolute Gasteiger partial charge is 0.416 e. The van der Waals surface area contributed by atoms with Crippen molar-refractivity contribution in [2.75, 3.05) is 18.0 Å². The van der Waals surface area contributed by atoms with E-state index in [4.69, 9.17) is 11.2 Å². The molecular formula is C31H34F3N3O. The quantitative estimate of drug-likeness (QED) is 0.263. The van der Waals surface area contributed by atoms with Gasteiger partial charge in [0.15, 0.2) is 0 Å². The number of alkyl halides is 3. The van der Waals surface area contributed by atoms with Gasteiger partial charge >= 0.3 is 6.18 Å². The zero-order chi connectivity index (χ0) is 27.3. The molecule has 200 valence electrons. The van der Waals surface area contributed by atoms with Gasteiger partial charge in [-0.2, -0.15) is 13.2 Å². The standard InChI is InChI=1S/C31H34F3N3O/c1-5-23(6-2)7-14-28(22(3)4)36-19-16-26(17-20-36)37(25-10-8-24(9-11-25)31(32,33)34)29-21-35-18-15-30(29)38-27-12-13-27/h1,6-11,14-15,18,21,26-27H,12-13,16-17,19-20H2,2-4H3/b14-7-,23-6-. The average Bonchev–Trinajstić information content (AvgIpc) is 3.72. The molecule has 0 atom stereocenters. The predicted molar refractivity (Wildman–Crippen MR) is 146 cm³/mol. The SMILES string of the molecule is C#CC(/C=C\C(=C(C)C)N1CCC(N(c2ccc(C(F)(F)F)cc2)c2cnccc2OC2CC2)CC1)=C/C. The molecule has 0 amide bonds. The van der Waals surface area contributed by atoms with Crippen LogP contribution in [-0.2, 0) is 6.18 Å². The second-order valence-electron chi connectivity index (χ2n) is 9.90. The summed E-state index contributed by atoms with van der Waals surface area (Å²) in [5.41, 5.74) is 3.97. The van der Waals surface area contributed by atoms with Gasteiger partial charge in [0.25, 0.3) is 0 Å². The van der Waals surface area contributed by atoms with Gasteiger partial charge in [-0.1, -0.05) is 17.6 Å². The molecule has 1 aromatic heterocycles. The first-order valence-corrected chi connectivity index (χ1v) is 13.0. The molecule has 0 unspecified atom stereocenters. The maximum absolute atomic E-state index is 13.3. The number of rotatable bonds is 8. The maximum Gasteiger partial charge on any atom is 0.416 e. The van der Waals surface area contributed by atoms with E-state index in [1.54, 1.807) is 24.5 Å². The minimum Gasteiger partial charge on any atom is -0.488 e. The molecule has 0 N–H and O–H groups in total. The van der Waals surface area contributed by atoms with E-state index in [1.165, 1.54) is 5.57 Å². The number of pyridine rings is 1. The fraction of sp³-hybridized carbons (Fsp3) is 0.387. The van der Waals surface area contributed by atoms with Crippen molar-refractivity contribution >= 4 is 11.4 Å². The van der Waals surface area contributed by atoms with E-state index in [9.17, 15) is 13.2 Å². The van der Waals surface area contributed by atoms with E-state index in [-0.39, 0.29) is 12.1 Å². The largest absolute Gasteiger partial charge is 0.488 e. The Morgan fingerprint density at radius 2 is 1.76 bits per heavy atom. The second kappa shape index (κ2) is 11.8. The number of halogens is 3. The third-order valence-corrected chi connectivity index (χ3v) is 6.89. The van der Waals surface area contributed by atoms with Gasteiger partial charge < -0.3 is 14.5 Å². The lowest BCUT2D eigenvalue weighted by atomic mass is 9.99. The Balaban J connectivity index is 1.62. The number of aromatic nitrogens is 1. The number of nitrogens with zero attached hydrogens (tertiary/aromatic N) is 3. The van der Waals surface area contributed by atoms with Crippen LogP contribution in [-0.4, -0.2) is 35.1 Å². The molecule has 4 nitrogen and oxygen atoms in total. The highest BCUT2D eigenvalue weighted by molar-refractivity contribution is 5.69. The Morgan fingerprint density at radius 3 is 2.32 bits per heavy atom. The predicted octanol–water partition coefficient (Wildman–Crippen LogP) is 7.67. The molecule has 1 saturated carbocycles. The Labute approximate surface area is 223 Å². The van der Waals surface area contributed by atoms with Crippen LogP contribution in [0.2, 0.25) is 0 Å². The van der Waals surface area contributed by atoms with Gasteiger partial charge in [-0.25, -0.2) is 0 Å². The molecule has 0 radical (unpaired) electrons. The van der Waals surface area contributed by atoms with Crippen LogP contribution < -0.4 is 9.64 Å². The number of piperidine rings is 1. The van der Waals surface area contributed by atoms with Crippen molar-refractivity contribution in [3.05, 3.63) is 83.4 Å². The lowest BCUT2D eigenvalue weighted by Crippen LogP contribution is -2.43. The molecule has 1 aliphatic heterocycles. The van der Waals surface area contributed by atoms with E-state index < -0.39 is 11.7 Å². The summed E-state index contributed by atoms with van der Waals surface area (Å²) >= 11 is 0. The molecule has 2 fully saturated rings. The van der Waals surface area contributed by atoms with E-state index in [0.29, 0.717) is 11.4 Å². The van der Waals surface area contributed by atoms with Crippen LogP contribution in [0.3, 0.4) is 0 Å². The van der Waals surface area contributed by atoms with Crippen molar-refractivity contribution in [1.82, 2.24) is 9.88 Å². The molecule has 1 aliphatic carbocycles. The van der Waals surface area contributed by atoms with E-state index in [2.05, 4.69) is 40.6 Å². The van der Waals surface area contributed by atoms with Crippen LogP contribution in [0.25, 0.3) is 0 Å². The van der Waals surface area contributed by atoms with Gasteiger partial charge in [-0.3, -0.25) is 4.98 Å².